The van der Waals surface area contributed by atoms with Gasteiger partial charge in [0.15, 0.2) is 0 Å². The molecule has 2 heterocycles. The van der Waals surface area contributed by atoms with E-state index < -0.39 is 23.4 Å². The van der Waals surface area contributed by atoms with E-state index in [9.17, 15) is 14.4 Å². The van der Waals surface area contributed by atoms with Crippen LogP contribution in [0.1, 0.15) is 42.0 Å². The molecule has 0 aliphatic carbocycles. The van der Waals surface area contributed by atoms with E-state index in [-0.39, 0.29) is 30.2 Å². The molecular formula is C28H28N2O5S. The number of hydrogen-bond donors (Lipinski definition) is 1. The first-order valence-corrected chi connectivity index (χ1v) is 12.5. The highest BCUT2D eigenvalue weighted by Gasteiger charge is 2.39. The molecule has 2 aromatic carbocycles. The second-order valence-electron chi connectivity index (χ2n) is 8.46. The summed E-state index contributed by atoms with van der Waals surface area (Å²) in [6.45, 7) is 7.57. The van der Waals surface area contributed by atoms with Crippen molar-refractivity contribution in [3.05, 3.63) is 95.9 Å². The van der Waals surface area contributed by atoms with Crippen LogP contribution in [0.15, 0.2) is 58.9 Å². The molecule has 1 aliphatic rings. The van der Waals surface area contributed by atoms with E-state index in [4.69, 9.17) is 15.2 Å². The zero-order chi connectivity index (χ0) is 26.0. The predicted octanol–water partition coefficient (Wildman–Crippen LogP) is 2.56. The highest BCUT2D eigenvalue weighted by Crippen LogP contribution is 2.37. The third-order valence-electron chi connectivity index (χ3n) is 5.92. The molecule has 0 radical (unpaired) electrons. The largest absolute Gasteiger partial charge is 0.463 e. The molecular weight excluding hydrogens is 476 g/mol. The van der Waals surface area contributed by atoms with E-state index in [2.05, 4.69) is 0 Å². The van der Waals surface area contributed by atoms with Gasteiger partial charge in [-0.25, -0.2) is 9.59 Å². The average Bonchev–Trinajstić information content (AvgIpc) is 3.17. The van der Waals surface area contributed by atoms with Crippen LogP contribution < -0.4 is 20.5 Å². The minimum Gasteiger partial charge on any atom is -0.463 e. The molecule has 0 spiro atoms. The smallest absolute Gasteiger partial charge is 0.338 e. The van der Waals surface area contributed by atoms with Gasteiger partial charge in [-0.2, -0.15) is 0 Å². The Balaban J connectivity index is 2.10. The third-order valence-corrected chi connectivity index (χ3v) is 7.03. The number of benzene rings is 2. The van der Waals surface area contributed by atoms with Gasteiger partial charge in [-0.15, -0.1) is 11.3 Å². The van der Waals surface area contributed by atoms with E-state index >= 15 is 0 Å². The van der Waals surface area contributed by atoms with Gasteiger partial charge in [-0.3, -0.25) is 9.36 Å². The molecule has 4 rings (SSSR count). The van der Waals surface area contributed by atoms with Gasteiger partial charge >= 0.3 is 11.9 Å². The van der Waals surface area contributed by atoms with E-state index in [0.717, 1.165) is 28.0 Å². The minimum atomic E-state index is -0.853. The molecule has 7 nitrogen and oxygen atoms in total. The van der Waals surface area contributed by atoms with Gasteiger partial charge in [-0.05, 0) is 44.9 Å². The number of nitrogens with two attached hydrogens (primary N) is 1. The Bertz CT molecular complexity index is 1530. The summed E-state index contributed by atoms with van der Waals surface area (Å²) in [6.07, 6.45) is 1.75. The summed E-state index contributed by atoms with van der Waals surface area (Å²) in [5.41, 5.74) is 9.94. The third kappa shape index (κ3) is 4.64. The number of esters is 2. The maximum absolute atomic E-state index is 13.5. The first-order valence-electron chi connectivity index (χ1n) is 11.7. The van der Waals surface area contributed by atoms with Crippen LogP contribution in [0.2, 0.25) is 0 Å². The lowest BCUT2D eigenvalue weighted by atomic mass is 9.83. The molecule has 36 heavy (non-hydrogen) atoms. The number of rotatable bonds is 6. The molecule has 1 atom stereocenters. The fraction of sp³-hybridized carbons (Fsp3) is 0.250. The topological polar surface area (TPSA) is 101 Å². The monoisotopic (exact) mass is 504 g/mol. The van der Waals surface area contributed by atoms with Crippen molar-refractivity contribution in [2.24, 2.45) is 5.73 Å². The van der Waals surface area contributed by atoms with Crippen LogP contribution in [0.3, 0.4) is 0 Å². The molecule has 8 heteroatoms. The van der Waals surface area contributed by atoms with Crippen molar-refractivity contribution in [3.8, 4) is 0 Å². The maximum Gasteiger partial charge on any atom is 0.338 e. The van der Waals surface area contributed by atoms with E-state index in [1.54, 1.807) is 19.9 Å². The standard InChI is InChI=1S/C28H28N2O5S/c1-5-34-27(32)22-21(19-13-9-17(4)10-14-19)23(28(33)35-6-2)26-30(24(22)29)25(31)20(36-26)15-18-11-7-16(3)8-12-18/h7-15,21H,5-6,29H2,1-4H3/b20-15+/t21-/m0/s1. The van der Waals surface area contributed by atoms with E-state index in [0.29, 0.717) is 14.8 Å². The second kappa shape index (κ2) is 10.4. The van der Waals surface area contributed by atoms with Gasteiger partial charge < -0.3 is 15.2 Å². The van der Waals surface area contributed by atoms with Crippen LogP contribution in [0.4, 0.5) is 0 Å². The summed E-state index contributed by atoms with van der Waals surface area (Å²) in [4.78, 5) is 40.1. The fourth-order valence-electron chi connectivity index (χ4n) is 4.17. The summed E-state index contributed by atoms with van der Waals surface area (Å²) in [5, 5.41) is 0. The molecule has 0 saturated carbocycles. The molecule has 1 aliphatic heterocycles. The van der Waals surface area contributed by atoms with Gasteiger partial charge in [0, 0.05) is 0 Å². The maximum atomic E-state index is 13.5. The minimum absolute atomic E-state index is 0.0399. The molecule has 2 N–H and O–H groups in total. The number of nitrogens with zero attached hydrogens (tertiary/aromatic N) is 1. The van der Waals surface area contributed by atoms with Crippen LogP contribution in [0.5, 0.6) is 0 Å². The number of hydrogen-bond acceptors (Lipinski definition) is 7. The average molecular weight is 505 g/mol. The van der Waals surface area contributed by atoms with Crippen molar-refractivity contribution in [2.75, 3.05) is 13.2 Å². The molecule has 0 unspecified atom stereocenters. The van der Waals surface area contributed by atoms with Gasteiger partial charge in [0.05, 0.1) is 34.8 Å². The Hall–Kier alpha value is -3.91. The van der Waals surface area contributed by atoms with E-state index in [1.807, 2.05) is 62.4 Å². The fourth-order valence-corrected chi connectivity index (χ4v) is 5.33. The van der Waals surface area contributed by atoms with Crippen molar-refractivity contribution in [2.45, 2.75) is 33.6 Å². The van der Waals surface area contributed by atoms with Crippen molar-refractivity contribution >= 4 is 40.7 Å². The quantitative estimate of drug-likeness (QED) is 0.518. The van der Waals surface area contributed by atoms with Crippen LogP contribution in [-0.4, -0.2) is 29.7 Å². The lowest BCUT2D eigenvalue weighted by Gasteiger charge is -2.27. The van der Waals surface area contributed by atoms with Crippen molar-refractivity contribution in [1.82, 2.24) is 4.57 Å². The zero-order valence-electron chi connectivity index (χ0n) is 20.7. The molecule has 0 bridgehead atoms. The van der Waals surface area contributed by atoms with Crippen molar-refractivity contribution < 1.29 is 19.1 Å². The molecule has 0 saturated heterocycles. The number of thiazole rings is 1. The van der Waals surface area contributed by atoms with Crippen molar-refractivity contribution in [1.29, 1.82) is 0 Å². The van der Waals surface area contributed by atoms with E-state index in [1.165, 1.54) is 4.57 Å². The lowest BCUT2D eigenvalue weighted by Crippen LogP contribution is -2.42. The number of carbonyl (C=O) groups excluding carboxylic acids is 2. The summed E-state index contributed by atoms with van der Waals surface area (Å²) in [6, 6.07) is 15.2. The highest BCUT2D eigenvalue weighted by molar-refractivity contribution is 7.07. The second-order valence-corrected chi connectivity index (χ2v) is 9.49. The summed E-state index contributed by atoms with van der Waals surface area (Å²) in [7, 11) is 0. The number of aryl methyl sites for hydroxylation is 2. The first kappa shape index (κ1) is 25.2. The number of carbonyl (C=O) groups is 2. The highest BCUT2D eigenvalue weighted by atomic mass is 32.1. The lowest BCUT2D eigenvalue weighted by molar-refractivity contribution is -0.138. The van der Waals surface area contributed by atoms with Crippen LogP contribution in [0.25, 0.3) is 17.5 Å². The van der Waals surface area contributed by atoms with Crippen molar-refractivity contribution in [3.63, 3.8) is 0 Å². The Morgan fingerprint density at radius 3 is 2.00 bits per heavy atom. The summed E-state index contributed by atoms with van der Waals surface area (Å²) >= 11 is 1.15. The Labute approximate surface area is 212 Å². The number of ether oxygens (including phenoxy) is 2. The summed E-state index contributed by atoms with van der Waals surface area (Å²) in [5.74, 6) is -2.20. The molecule has 0 amide bonds. The van der Waals surface area contributed by atoms with Crippen LogP contribution in [-0.2, 0) is 19.1 Å². The SMILES string of the molecule is CCOC(=O)C1=C(N)n2c(s/c(=C/c3ccc(C)cc3)c2=O)=C(C(=O)OCC)[C@H]1c1ccc(C)cc1. The Kier molecular flexibility index (Phi) is 7.26. The van der Waals surface area contributed by atoms with Crippen LogP contribution >= 0.6 is 11.3 Å². The first-order chi connectivity index (χ1) is 17.3. The predicted molar refractivity (Wildman–Crippen MR) is 141 cm³/mol. The number of fused-ring (bicyclic) bond motifs is 1. The van der Waals surface area contributed by atoms with Gasteiger partial charge in [0.1, 0.15) is 10.5 Å². The molecule has 3 aromatic rings. The number of aromatic nitrogens is 1. The summed E-state index contributed by atoms with van der Waals surface area (Å²) < 4.78 is 12.7. The van der Waals surface area contributed by atoms with Gasteiger partial charge in [-0.1, -0.05) is 59.7 Å². The van der Waals surface area contributed by atoms with Crippen LogP contribution in [0, 0.1) is 13.8 Å². The van der Waals surface area contributed by atoms with Gasteiger partial charge in [0.2, 0.25) is 0 Å². The normalized spacial score (nSPS) is 15.6. The molecule has 186 valence electrons. The zero-order valence-corrected chi connectivity index (χ0v) is 21.5. The Morgan fingerprint density at radius 2 is 1.44 bits per heavy atom. The molecule has 1 aromatic heterocycles. The van der Waals surface area contributed by atoms with Gasteiger partial charge in [0.25, 0.3) is 5.56 Å². The Morgan fingerprint density at radius 1 is 0.917 bits per heavy atom. The molecule has 0 fully saturated rings.